The smallest absolute Gasteiger partial charge is 0.280 e. The Kier molecular flexibility index (Phi) is 11.5. The molecule has 0 radical (unpaired) electrons. The number of unbranched alkanes of at least 4 members (excludes halogenated alkanes) is 1. The minimum absolute atomic E-state index is 0.0257. The molecule has 0 saturated heterocycles. The molecular weight excluding hydrogens is 456 g/mol. The number of nitrogens with two attached hydrogens (primary N) is 3. The molecule has 9 N–H and O–H groups in total. The summed E-state index contributed by atoms with van der Waals surface area (Å²) in [5.74, 6) is -0.866. The number of hydrogen-bond donors (Lipinski definition) is 6. The Bertz CT molecular complexity index is 953. The number of halogens is 1. The number of aryl methyl sites for hydroxylation is 2. The van der Waals surface area contributed by atoms with Crippen molar-refractivity contribution in [3.05, 3.63) is 46.2 Å². The first-order valence-corrected chi connectivity index (χ1v) is 11.8. The molecule has 0 spiro atoms. The highest BCUT2D eigenvalue weighted by atomic mass is 35.5. The molecule has 0 saturated carbocycles. The number of carbonyl (C=O) groups is 1. The fraction of sp³-hybridized carbons (Fsp3) is 0.478. The summed E-state index contributed by atoms with van der Waals surface area (Å²) in [5.41, 5.74) is 19.4. The molecule has 34 heavy (non-hydrogen) atoms. The zero-order chi connectivity index (χ0) is 24.9. The third-order valence-corrected chi connectivity index (χ3v) is 5.49. The van der Waals surface area contributed by atoms with Crippen molar-refractivity contribution < 1.29 is 9.90 Å². The van der Waals surface area contributed by atoms with E-state index in [4.69, 9.17) is 28.8 Å². The number of aromatic nitrogens is 2. The average Bonchev–Trinajstić information content (AvgIpc) is 2.81. The van der Waals surface area contributed by atoms with Gasteiger partial charge >= 0.3 is 0 Å². The van der Waals surface area contributed by atoms with Gasteiger partial charge in [-0.2, -0.15) is 0 Å². The van der Waals surface area contributed by atoms with E-state index in [1.807, 2.05) is 6.92 Å². The van der Waals surface area contributed by atoms with Crippen molar-refractivity contribution in [3.63, 3.8) is 0 Å². The Morgan fingerprint density at radius 3 is 2.38 bits per heavy atom. The number of aliphatic hydroxyl groups is 1. The highest BCUT2D eigenvalue weighted by Crippen LogP contribution is 2.17. The van der Waals surface area contributed by atoms with Crippen molar-refractivity contribution in [1.82, 2.24) is 20.6 Å². The van der Waals surface area contributed by atoms with Crippen LogP contribution in [0.15, 0.2) is 29.3 Å². The van der Waals surface area contributed by atoms with Crippen molar-refractivity contribution in [2.45, 2.75) is 51.6 Å². The third-order valence-electron chi connectivity index (χ3n) is 5.21. The normalized spacial score (nSPS) is 12.5. The molecule has 2 aromatic rings. The number of nitrogens with one attached hydrogen (secondary N) is 2. The van der Waals surface area contributed by atoms with Crippen molar-refractivity contribution in [2.24, 2.45) is 10.7 Å². The average molecular weight is 491 g/mol. The lowest BCUT2D eigenvalue weighted by Gasteiger charge is -2.09. The summed E-state index contributed by atoms with van der Waals surface area (Å²) in [6.07, 6.45) is 5.27. The molecule has 0 unspecified atom stereocenters. The van der Waals surface area contributed by atoms with E-state index < -0.39 is 5.91 Å². The van der Waals surface area contributed by atoms with Gasteiger partial charge in [0, 0.05) is 13.1 Å². The van der Waals surface area contributed by atoms with Gasteiger partial charge in [-0.3, -0.25) is 15.1 Å². The molecule has 2 rings (SSSR count). The summed E-state index contributed by atoms with van der Waals surface area (Å²) in [7, 11) is 0. The standard InChI is InChI=1S/C23H35ClN8O2/c1-2-17(33)14-28-12-5-7-16-10-8-15(9-11-16)6-3-4-13-29-23(27)32-22(34)18-20(25)31-21(26)19(24)30-18/h8-11,17,28,33H,2-7,12-14H2,1H3,(H4,25,26,31)(H3,27,29,32,34)/t17-/m1/s1. The second-order valence-corrected chi connectivity index (χ2v) is 8.36. The quantitative estimate of drug-likeness (QED) is 0.139. The molecule has 1 atom stereocenters. The van der Waals surface area contributed by atoms with Crippen LogP contribution in [0.25, 0.3) is 0 Å². The molecule has 186 valence electrons. The van der Waals surface area contributed by atoms with E-state index in [0.717, 1.165) is 45.1 Å². The van der Waals surface area contributed by atoms with Crippen LogP contribution < -0.4 is 27.8 Å². The Balaban J connectivity index is 1.65. The zero-order valence-corrected chi connectivity index (χ0v) is 20.3. The number of benzene rings is 1. The molecule has 1 aromatic heterocycles. The van der Waals surface area contributed by atoms with Gasteiger partial charge in [-0.25, -0.2) is 9.97 Å². The van der Waals surface area contributed by atoms with Crippen LogP contribution in [0.2, 0.25) is 5.15 Å². The summed E-state index contributed by atoms with van der Waals surface area (Å²) in [6, 6.07) is 8.65. The van der Waals surface area contributed by atoms with Crippen molar-refractivity contribution >= 4 is 35.1 Å². The Morgan fingerprint density at radius 2 is 1.74 bits per heavy atom. The first kappa shape index (κ1) is 27.3. The van der Waals surface area contributed by atoms with Gasteiger partial charge in [0.05, 0.1) is 6.10 Å². The number of aliphatic imine (C=N–C) groups is 1. The minimum atomic E-state index is -0.650. The highest BCUT2D eigenvalue weighted by molar-refractivity contribution is 6.31. The van der Waals surface area contributed by atoms with E-state index >= 15 is 0 Å². The first-order chi connectivity index (χ1) is 16.3. The molecule has 0 fully saturated rings. The van der Waals surface area contributed by atoms with E-state index in [9.17, 15) is 9.90 Å². The van der Waals surface area contributed by atoms with Gasteiger partial charge in [-0.05, 0) is 56.2 Å². The molecule has 1 amide bonds. The van der Waals surface area contributed by atoms with E-state index in [1.165, 1.54) is 11.1 Å². The van der Waals surface area contributed by atoms with Gasteiger partial charge in [0.15, 0.2) is 28.4 Å². The molecule has 11 heteroatoms. The maximum absolute atomic E-state index is 12.2. The highest BCUT2D eigenvalue weighted by Gasteiger charge is 2.16. The number of carbonyl (C=O) groups excluding carboxylic acids is 1. The van der Waals surface area contributed by atoms with E-state index in [1.54, 1.807) is 0 Å². The van der Waals surface area contributed by atoms with Gasteiger partial charge in [0.25, 0.3) is 5.91 Å². The molecular formula is C23H35ClN8O2. The van der Waals surface area contributed by atoms with Crippen LogP contribution in [0, 0.1) is 0 Å². The van der Waals surface area contributed by atoms with Crippen LogP contribution in [0.5, 0.6) is 0 Å². The predicted octanol–water partition coefficient (Wildman–Crippen LogP) is 1.65. The molecule has 10 nitrogen and oxygen atoms in total. The number of nitrogens with zero attached hydrogens (tertiary/aromatic N) is 3. The maximum atomic E-state index is 12.2. The van der Waals surface area contributed by atoms with Crippen LogP contribution in [0.3, 0.4) is 0 Å². The van der Waals surface area contributed by atoms with Crippen LogP contribution in [-0.2, 0) is 12.8 Å². The number of guanidine groups is 1. The van der Waals surface area contributed by atoms with Gasteiger partial charge in [0.2, 0.25) is 0 Å². The Labute approximate surface area is 205 Å². The van der Waals surface area contributed by atoms with Gasteiger partial charge in [-0.1, -0.05) is 42.8 Å². The van der Waals surface area contributed by atoms with Crippen LogP contribution >= 0.6 is 11.6 Å². The fourth-order valence-corrected chi connectivity index (χ4v) is 3.29. The van der Waals surface area contributed by atoms with Crippen LogP contribution in [-0.4, -0.2) is 52.7 Å². The minimum Gasteiger partial charge on any atom is -0.392 e. The van der Waals surface area contributed by atoms with Gasteiger partial charge in [0.1, 0.15) is 0 Å². The Hall–Kier alpha value is -2.95. The fourth-order valence-electron chi connectivity index (χ4n) is 3.17. The monoisotopic (exact) mass is 490 g/mol. The summed E-state index contributed by atoms with van der Waals surface area (Å²) in [5, 5.41) is 15.1. The maximum Gasteiger partial charge on any atom is 0.280 e. The summed E-state index contributed by atoms with van der Waals surface area (Å²) >= 11 is 5.79. The summed E-state index contributed by atoms with van der Waals surface area (Å²) in [4.78, 5) is 24.0. The summed E-state index contributed by atoms with van der Waals surface area (Å²) in [6.45, 7) is 4.01. The first-order valence-electron chi connectivity index (χ1n) is 11.5. The van der Waals surface area contributed by atoms with E-state index in [0.29, 0.717) is 13.1 Å². The van der Waals surface area contributed by atoms with Crippen LogP contribution in [0.1, 0.15) is 54.2 Å². The number of aliphatic hydroxyl groups excluding tert-OH is 1. The summed E-state index contributed by atoms with van der Waals surface area (Å²) < 4.78 is 0. The van der Waals surface area contributed by atoms with Gasteiger partial charge in [-0.15, -0.1) is 0 Å². The molecule has 1 heterocycles. The third kappa shape index (κ3) is 9.50. The molecule has 0 aliphatic rings. The predicted molar refractivity (Wildman–Crippen MR) is 137 cm³/mol. The van der Waals surface area contributed by atoms with E-state index in [2.05, 4.69) is 49.9 Å². The number of nitrogen functional groups attached to an aromatic ring is 2. The number of rotatable bonds is 13. The van der Waals surface area contributed by atoms with Gasteiger partial charge < -0.3 is 27.6 Å². The van der Waals surface area contributed by atoms with Crippen LogP contribution in [0.4, 0.5) is 11.6 Å². The van der Waals surface area contributed by atoms with Crippen molar-refractivity contribution in [3.8, 4) is 0 Å². The molecule has 1 aromatic carbocycles. The molecule has 0 bridgehead atoms. The number of hydrogen-bond acceptors (Lipinski definition) is 8. The molecule has 0 aliphatic heterocycles. The molecule has 0 aliphatic carbocycles. The van der Waals surface area contributed by atoms with E-state index in [-0.39, 0.29) is 34.5 Å². The lowest BCUT2D eigenvalue weighted by molar-refractivity contribution is 0.0972. The SMILES string of the molecule is CC[C@@H](O)CNCCCc1ccc(CCCCN=C(N)NC(=O)c2nc(Cl)c(N)nc2N)cc1. The second-order valence-electron chi connectivity index (χ2n) is 8.00. The number of anilines is 2. The lowest BCUT2D eigenvalue weighted by Crippen LogP contribution is -2.38. The second kappa shape index (κ2) is 14.3. The van der Waals surface area contributed by atoms with Crippen molar-refractivity contribution in [1.29, 1.82) is 0 Å². The topological polar surface area (TPSA) is 178 Å². The largest absolute Gasteiger partial charge is 0.392 e. The van der Waals surface area contributed by atoms with Crippen molar-refractivity contribution in [2.75, 3.05) is 31.1 Å². The lowest BCUT2D eigenvalue weighted by atomic mass is 10.0. The zero-order valence-electron chi connectivity index (χ0n) is 19.6. The Morgan fingerprint density at radius 1 is 1.09 bits per heavy atom. The number of amides is 1.